The molecule has 0 unspecified atom stereocenters. The lowest BCUT2D eigenvalue weighted by molar-refractivity contribution is -0.131. The maximum Gasteiger partial charge on any atom is 0.227 e. The van der Waals surface area contributed by atoms with E-state index in [1.165, 1.54) is 6.33 Å². The molecule has 2 heterocycles. The summed E-state index contributed by atoms with van der Waals surface area (Å²) in [6.45, 7) is 4.48. The number of carbonyl (C=O) groups is 1. The summed E-state index contributed by atoms with van der Waals surface area (Å²) in [5.74, 6) is 0.0222. The molecule has 0 saturated heterocycles. The van der Waals surface area contributed by atoms with E-state index in [2.05, 4.69) is 9.97 Å². The van der Waals surface area contributed by atoms with Gasteiger partial charge in [0, 0.05) is 31.3 Å². The largest absolute Gasteiger partial charge is 0.338 e. The van der Waals surface area contributed by atoms with Crippen molar-refractivity contribution in [3.8, 4) is 0 Å². The SMILES string of the molecule is CC(C)S(=O)(=O)c1ccc(CC(=O)N2CCc3ncncc3C2)cc1. The van der Waals surface area contributed by atoms with Gasteiger partial charge in [0.1, 0.15) is 6.33 Å². The molecule has 2 aromatic rings. The van der Waals surface area contributed by atoms with E-state index in [0.29, 0.717) is 18.0 Å². The third-order valence-corrected chi connectivity index (χ3v) is 6.61. The highest BCUT2D eigenvalue weighted by Crippen LogP contribution is 2.19. The van der Waals surface area contributed by atoms with E-state index in [-0.39, 0.29) is 12.3 Å². The third kappa shape index (κ3) is 3.71. The lowest BCUT2D eigenvalue weighted by atomic mass is 10.1. The Hall–Kier alpha value is -2.28. The number of hydrogen-bond acceptors (Lipinski definition) is 5. The zero-order valence-electron chi connectivity index (χ0n) is 14.3. The predicted molar refractivity (Wildman–Crippen MR) is 93.6 cm³/mol. The van der Waals surface area contributed by atoms with Crippen molar-refractivity contribution in [2.24, 2.45) is 0 Å². The van der Waals surface area contributed by atoms with E-state index in [0.717, 1.165) is 23.2 Å². The average molecular weight is 359 g/mol. The molecule has 1 amide bonds. The van der Waals surface area contributed by atoms with Crippen LogP contribution in [0, 0.1) is 0 Å². The maximum absolute atomic E-state index is 12.5. The fourth-order valence-corrected chi connectivity index (χ4v) is 3.89. The Kier molecular flexibility index (Phi) is 4.85. The highest BCUT2D eigenvalue weighted by atomic mass is 32.2. The van der Waals surface area contributed by atoms with Gasteiger partial charge in [-0.05, 0) is 31.5 Å². The number of hydrogen-bond donors (Lipinski definition) is 0. The van der Waals surface area contributed by atoms with Gasteiger partial charge in [-0.15, -0.1) is 0 Å². The summed E-state index contributed by atoms with van der Waals surface area (Å²) in [6.07, 6.45) is 4.27. The zero-order chi connectivity index (χ0) is 18.0. The number of sulfone groups is 1. The second-order valence-corrected chi connectivity index (χ2v) is 8.98. The molecule has 1 aromatic heterocycles. The standard InChI is InChI=1S/C18H21N3O3S/c1-13(2)25(23,24)16-5-3-14(4-6-16)9-18(22)21-8-7-17-15(11-21)10-19-12-20-17/h3-6,10,12-13H,7-9,11H2,1-2H3. The van der Waals surface area contributed by atoms with E-state index in [9.17, 15) is 13.2 Å². The Labute approximate surface area is 147 Å². The van der Waals surface area contributed by atoms with Gasteiger partial charge in [0.05, 0.1) is 22.3 Å². The van der Waals surface area contributed by atoms with Crippen molar-refractivity contribution in [3.63, 3.8) is 0 Å². The minimum Gasteiger partial charge on any atom is -0.338 e. The summed E-state index contributed by atoms with van der Waals surface area (Å²) in [5, 5.41) is -0.462. The molecule has 132 valence electrons. The van der Waals surface area contributed by atoms with E-state index in [1.54, 1.807) is 49.2 Å². The summed E-state index contributed by atoms with van der Waals surface area (Å²) >= 11 is 0. The number of benzene rings is 1. The molecule has 0 spiro atoms. The van der Waals surface area contributed by atoms with Crippen molar-refractivity contribution < 1.29 is 13.2 Å². The smallest absolute Gasteiger partial charge is 0.227 e. The molecule has 7 heteroatoms. The van der Waals surface area contributed by atoms with Crippen molar-refractivity contribution in [1.82, 2.24) is 14.9 Å². The average Bonchev–Trinajstić information content (AvgIpc) is 2.61. The van der Waals surface area contributed by atoms with E-state index >= 15 is 0 Å². The number of rotatable bonds is 4. The molecule has 1 aliphatic rings. The first-order chi connectivity index (χ1) is 11.9. The van der Waals surface area contributed by atoms with Crippen LogP contribution < -0.4 is 0 Å². The van der Waals surface area contributed by atoms with Crippen molar-refractivity contribution in [1.29, 1.82) is 0 Å². The van der Waals surface area contributed by atoms with E-state index < -0.39 is 15.1 Å². The molecule has 0 radical (unpaired) electrons. The molecule has 0 fully saturated rings. The van der Waals surface area contributed by atoms with Gasteiger partial charge in [0.2, 0.25) is 5.91 Å². The molecule has 3 rings (SSSR count). The Bertz CT molecular complexity index is 877. The van der Waals surface area contributed by atoms with E-state index in [1.807, 2.05) is 0 Å². The Balaban J connectivity index is 1.68. The second kappa shape index (κ2) is 6.92. The van der Waals surface area contributed by atoms with Crippen LogP contribution in [-0.2, 0) is 34.0 Å². The molecular weight excluding hydrogens is 338 g/mol. The zero-order valence-corrected chi connectivity index (χ0v) is 15.2. The van der Waals surface area contributed by atoms with Crippen LogP contribution in [0.3, 0.4) is 0 Å². The first-order valence-corrected chi connectivity index (χ1v) is 9.81. The first-order valence-electron chi connectivity index (χ1n) is 8.26. The highest BCUT2D eigenvalue weighted by molar-refractivity contribution is 7.92. The fourth-order valence-electron chi connectivity index (χ4n) is 2.83. The molecule has 25 heavy (non-hydrogen) atoms. The van der Waals surface area contributed by atoms with Crippen molar-refractivity contribution >= 4 is 15.7 Å². The van der Waals surface area contributed by atoms with Gasteiger partial charge in [-0.2, -0.15) is 0 Å². The Morgan fingerprint density at radius 2 is 1.96 bits per heavy atom. The van der Waals surface area contributed by atoms with Gasteiger partial charge in [0.25, 0.3) is 0 Å². The summed E-state index contributed by atoms with van der Waals surface area (Å²) in [5.41, 5.74) is 2.80. The van der Waals surface area contributed by atoms with Crippen LogP contribution in [0.2, 0.25) is 0 Å². The molecule has 0 atom stereocenters. The van der Waals surface area contributed by atoms with Gasteiger partial charge in [0.15, 0.2) is 9.84 Å². The molecule has 1 aliphatic heterocycles. The van der Waals surface area contributed by atoms with Gasteiger partial charge in [-0.3, -0.25) is 4.79 Å². The lowest BCUT2D eigenvalue weighted by Gasteiger charge is -2.28. The van der Waals surface area contributed by atoms with Crippen LogP contribution >= 0.6 is 0 Å². The number of fused-ring (bicyclic) bond motifs is 1. The molecule has 0 aliphatic carbocycles. The first kappa shape index (κ1) is 17.5. The van der Waals surface area contributed by atoms with E-state index in [4.69, 9.17) is 0 Å². The quantitative estimate of drug-likeness (QED) is 0.831. The Morgan fingerprint density at radius 3 is 2.64 bits per heavy atom. The van der Waals surface area contributed by atoms with Crippen LogP contribution in [0.1, 0.15) is 30.7 Å². The number of nitrogens with zero attached hydrogens (tertiary/aromatic N) is 3. The molecule has 6 nitrogen and oxygen atoms in total. The molecule has 0 bridgehead atoms. The van der Waals surface area contributed by atoms with Crippen molar-refractivity contribution in [3.05, 3.63) is 53.6 Å². The van der Waals surface area contributed by atoms with Crippen LogP contribution in [0.15, 0.2) is 41.7 Å². The Morgan fingerprint density at radius 1 is 1.24 bits per heavy atom. The molecular formula is C18H21N3O3S. The number of carbonyl (C=O) groups excluding carboxylic acids is 1. The minimum atomic E-state index is -3.29. The van der Waals surface area contributed by atoms with Crippen molar-refractivity contribution in [2.75, 3.05) is 6.54 Å². The van der Waals surface area contributed by atoms with Crippen LogP contribution in [-0.4, -0.2) is 41.0 Å². The maximum atomic E-state index is 12.5. The summed E-state index contributed by atoms with van der Waals surface area (Å²) < 4.78 is 24.3. The van der Waals surface area contributed by atoms with Crippen LogP contribution in [0.4, 0.5) is 0 Å². The van der Waals surface area contributed by atoms with Crippen LogP contribution in [0.25, 0.3) is 0 Å². The summed E-state index contributed by atoms with van der Waals surface area (Å²) in [6, 6.07) is 6.59. The fraction of sp³-hybridized carbons (Fsp3) is 0.389. The second-order valence-electron chi connectivity index (χ2n) is 6.47. The monoisotopic (exact) mass is 359 g/mol. The highest BCUT2D eigenvalue weighted by Gasteiger charge is 2.22. The molecule has 1 aromatic carbocycles. The van der Waals surface area contributed by atoms with Crippen molar-refractivity contribution in [2.45, 2.75) is 43.4 Å². The molecule has 0 N–H and O–H groups in total. The van der Waals surface area contributed by atoms with Gasteiger partial charge < -0.3 is 4.90 Å². The third-order valence-electron chi connectivity index (χ3n) is 4.44. The normalized spacial score (nSPS) is 14.4. The predicted octanol–water partition coefficient (Wildman–Crippen LogP) is 1.79. The molecule has 0 saturated carbocycles. The van der Waals surface area contributed by atoms with Gasteiger partial charge in [-0.25, -0.2) is 18.4 Å². The number of aromatic nitrogens is 2. The van der Waals surface area contributed by atoms with Gasteiger partial charge >= 0.3 is 0 Å². The summed E-state index contributed by atoms with van der Waals surface area (Å²) in [7, 11) is -3.29. The van der Waals surface area contributed by atoms with Gasteiger partial charge in [-0.1, -0.05) is 12.1 Å². The topological polar surface area (TPSA) is 80.2 Å². The lowest BCUT2D eigenvalue weighted by Crippen LogP contribution is -2.37. The minimum absolute atomic E-state index is 0.0222. The van der Waals surface area contributed by atoms with Crippen LogP contribution in [0.5, 0.6) is 0 Å². The summed E-state index contributed by atoms with van der Waals surface area (Å²) in [4.78, 5) is 22.9. The number of amides is 1.